The molecule has 1 aliphatic heterocycles. The van der Waals surface area contributed by atoms with E-state index in [-0.39, 0.29) is 12.4 Å². The molecule has 4 heteroatoms. The lowest BCUT2D eigenvalue weighted by atomic mass is 10.2. The van der Waals surface area contributed by atoms with Crippen LogP contribution in [-0.4, -0.2) is 37.3 Å². The summed E-state index contributed by atoms with van der Waals surface area (Å²) < 4.78 is 10.1. The quantitative estimate of drug-likeness (QED) is 0.529. The van der Waals surface area contributed by atoms with Crippen molar-refractivity contribution in [2.45, 2.75) is 24.9 Å². The third-order valence-electron chi connectivity index (χ3n) is 1.68. The molecule has 1 rings (SSSR count). The minimum atomic E-state index is -0.463. The van der Waals surface area contributed by atoms with E-state index in [0.717, 1.165) is 0 Å². The second kappa shape index (κ2) is 3.30. The van der Waals surface area contributed by atoms with E-state index in [1.807, 2.05) is 0 Å². The Kier molecular flexibility index (Phi) is 2.62. The molecule has 10 heavy (non-hydrogen) atoms. The van der Waals surface area contributed by atoms with Crippen molar-refractivity contribution in [1.82, 2.24) is 0 Å². The standard InChI is InChI=1S/C6H13NO3/c1-9-6-2-4(8)5(3-7)10-6/h4-6,8H,2-3,7H2,1H3/t4-,5-,6+/m1/s1. The smallest absolute Gasteiger partial charge is 0.160 e. The minimum Gasteiger partial charge on any atom is -0.390 e. The molecule has 1 saturated heterocycles. The van der Waals surface area contributed by atoms with Crippen molar-refractivity contribution in [1.29, 1.82) is 0 Å². The summed E-state index contributed by atoms with van der Waals surface area (Å²) in [5, 5.41) is 9.21. The van der Waals surface area contributed by atoms with Gasteiger partial charge in [0, 0.05) is 20.1 Å². The first-order valence-electron chi connectivity index (χ1n) is 3.34. The zero-order valence-electron chi connectivity index (χ0n) is 5.99. The van der Waals surface area contributed by atoms with E-state index < -0.39 is 6.10 Å². The number of rotatable bonds is 2. The van der Waals surface area contributed by atoms with Gasteiger partial charge >= 0.3 is 0 Å². The van der Waals surface area contributed by atoms with Crippen molar-refractivity contribution in [2.24, 2.45) is 5.73 Å². The van der Waals surface area contributed by atoms with Crippen LogP contribution in [0.3, 0.4) is 0 Å². The predicted octanol–water partition coefficient (Wildman–Crippen LogP) is -0.933. The van der Waals surface area contributed by atoms with Crippen molar-refractivity contribution in [2.75, 3.05) is 13.7 Å². The molecule has 0 aliphatic carbocycles. The molecule has 0 radical (unpaired) electrons. The van der Waals surface area contributed by atoms with Crippen LogP contribution in [0.25, 0.3) is 0 Å². The van der Waals surface area contributed by atoms with Gasteiger partial charge in [-0.2, -0.15) is 0 Å². The molecular weight excluding hydrogens is 134 g/mol. The summed E-state index contributed by atoms with van der Waals surface area (Å²) in [6.07, 6.45) is -0.457. The third-order valence-corrected chi connectivity index (χ3v) is 1.68. The maximum absolute atomic E-state index is 9.21. The summed E-state index contributed by atoms with van der Waals surface area (Å²) in [6.45, 7) is 0.348. The van der Waals surface area contributed by atoms with E-state index in [1.54, 1.807) is 7.11 Å². The normalized spacial score (nSPS) is 40.5. The Labute approximate surface area is 59.9 Å². The molecule has 1 aliphatic rings. The first-order chi connectivity index (χ1) is 4.77. The van der Waals surface area contributed by atoms with Crippen molar-refractivity contribution in [3.63, 3.8) is 0 Å². The summed E-state index contributed by atoms with van der Waals surface area (Å²) in [7, 11) is 1.55. The van der Waals surface area contributed by atoms with E-state index in [0.29, 0.717) is 13.0 Å². The van der Waals surface area contributed by atoms with Crippen LogP contribution in [-0.2, 0) is 9.47 Å². The SMILES string of the molecule is CO[C@@H]1C[C@@H](O)[C@@H](CN)O1. The van der Waals surface area contributed by atoms with Crippen LogP contribution in [0.5, 0.6) is 0 Å². The predicted molar refractivity (Wildman–Crippen MR) is 35.3 cm³/mol. The molecule has 1 heterocycles. The van der Waals surface area contributed by atoms with Crippen LogP contribution in [0.1, 0.15) is 6.42 Å². The van der Waals surface area contributed by atoms with Gasteiger partial charge in [-0.05, 0) is 0 Å². The van der Waals surface area contributed by atoms with Gasteiger partial charge in [-0.15, -0.1) is 0 Å². The van der Waals surface area contributed by atoms with Crippen LogP contribution in [0.4, 0.5) is 0 Å². The third kappa shape index (κ3) is 1.46. The minimum absolute atomic E-state index is 0.245. The van der Waals surface area contributed by atoms with Crippen LogP contribution in [0.2, 0.25) is 0 Å². The van der Waals surface area contributed by atoms with Gasteiger partial charge in [0.2, 0.25) is 0 Å². The maximum atomic E-state index is 9.21. The number of hydrogen-bond donors (Lipinski definition) is 2. The van der Waals surface area contributed by atoms with Crippen molar-refractivity contribution in [3.8, 4) is 0 Å². The molecule has 60 valence electrons. The van der Waals surface area contributed by atoms with Crippen molar-refractivity contribution in [3.05, 3.63) is 0 Å². The fourth-order valence-corrected chi connectivity index (χ4v) is 1.05. The highest BCUT2D eigenvalue weighted by Gasteiger charge is 2.32. The molecular formula is C6H13NO3. The van der Waals surface area contributed by atoms with Crippen LogP contribution < -0.4 is 5.73 Å². The highest BCUT2D eigenvalue weighted by molar-refractivity contribution is 4.78. The Bertz CT molecular complexity index is 109. The van der Waals surface area contributed by atoms with Gasteiger partial charge < -0.3 is 20.3 Å². The molecule has 0 saturated carbocycles. The Morgan fingerprint density at radius 3 is 2.80 bits per heavy atom. The second-order valence-electron chi connectivity index (χ2n) is 2.38. The number of aliphatic hydroxyl groups is 1. The Balaban J connectivity index is 2.36. The molecule has 4 nitrogen and oxygen atoms in total. The molecule has 0 amide bonds. The Morgan fingerprint density at radius 1 is 1.80 bits per heavy atom. The molecule has 3 atom stereocenters. The van der Waals surface area contributed by atoms with Gasteiger partial charge in [0.25, 0.3) is 0 Å². The lowest BCUT2D eigenvalue weighted by molar-refractivity contribution is -0.114. The van der Waals surface area contributed by atoms with Crippen LogP contribution in [0, 0.1) is 0 Å². The van der Waals surface area contributed by atoms with Gasteiger partial charge in [-0.1, -0.05) is 0 Å². The summed E-state index contributed by atoms with van der Waals surface area (Å²) in [5.74, 6) is 0. The fourth-order valence-electron chi connectivity index (χ4n) is 1.05. The van der Waals surface area contributed by atoms with Crippen molar-refractivity contribution < 1.29 is 14.6 Å². The van der Waals surface area contributed by atoms with E-state index >= 15 is 0 Å². The van der Waals surface area contributed by atoms with E-state index in [2.05, 4.69) is 0 Å². The summed E-state index contributed by atoms with van der Waals surface area (Å²) in [4.78, 5) is 0. The van der Waals surface area contributed by atoms with E-state index in [1.165, 1.54) is 0 Å². The first-order valence-corrected chi connectivity index (χ1v) is 3.34. The zero-order valence-corrected chi connectivity index (χ0v) is 5.99. The largest absolute Gasteiger partial charge is 0.390 e. The van der Waals surface area contributed by atoms with Crippen molar-refractivity contribution >= 4 is 0 Å². The van der Waals surface area contributed by atoms with Gasteiger partial charge in [-0.3, -0.25) is 0 Å². The Hall–Kier alpha value is -0.160. The van der Waals surface area contributed by atoms with Crippen LogP contribution >= 0.6 is 0 Å². The molecule has 3 N–H and O–H groups in total. The number of aliphatic hydroxyl groups excluding tert-OH is 1. The van der Waals surface area contributed by atoms with Gasteiger partial charge in [-0.25, -0.2) is 0 Å². The number of ether oxygens (including phenoxy) is 2. The molecule has 0 spiro atoms. The van der Waals surface area contributed by atoms with Gasteiger partial charge in [0.1, 0.15) is 0 Å². The zero-order chi connectivity index (χ0) is 7.56. The number of hydrogen-bond acceptors (Lipinski definition) is 4. The maximum Gasteiger partial charge on any atom is 0.160 e. The molecule has 0 aromatic rings. The molecule has 0 aromatic carbocycles. The summed E-state index contributed by atoms with van der Waals surface area (Å²) >= 11 is 0. The molecule has 0 aromatic heterocycles. The fraction of sp³-hybridized carbons (Fsp3) is 1.00. The topological polar surface area (TPSA) is 64.7 Å². The highest BCUT2D eigenvalue weighted by Crippen LogP contribution is 2.19. The van der Waals surface area contributed by atoms with Gasteiger partial charge in [0.15, 0.2) is 6.29 Å². The number of nitrogens with two attached hydrogens (primary N) is 1. The first kappa shape index (κ1) is 7.94. The lowest BCUT2D eigenvalue weighted by Crippen LogP contribution is -2.29. The molecule has 0 unspecified atom stereocenters. The molecule has 0 bridgehead atoms. The average molecular weight is 147 g/mol. The van der Waals surface area contributed by atoms with E-state index in [4.69, 9.17) is 15.2 Å². The summed E-state index contributed by atoms with van der Waals surface area (Å²) in [6, 6.07) is 0. The lowest BCUT2D eigenvalue weighted by Gasteiger charge is -2.10. The van der Waals surface area contributed by atoms with Crippen LogP contribution in [0.15, 0.2) is 0 Å². The van der Waals surface area contributed by atoms with E-state index in [9.17, 15) is 5.11 Å². The second-order valence-corrected chi connectivity index (χ2v) is 2.38. The summed E-state index contributed by atoms with van der Waals surface area (Å²) in [5.41, 5.74) is 5.30. The number of methoxy groups -OCH3 is 1. The monoisotopic (exact) mass is 147 g/mol. The Morgan fingerprint density at radius 2 is 2.50 bits per heavy atom. The highest BCUT2D eigenvalue weighted by atomic mass is 16.7. The molecule has 1 fully saturated rings. The van der Waals surface area contributed by atoms with Gasteiger partial charge in [0.05, 0.1) is 12.2 Å². The average Bonchev–Trinajstić information content (AvgIpc) is 2.30.